The van der Waals surface area contributed by atoms with Crippen LogP contribution in [-0.2, 0) is 9.53 Å². The van der Waals surface area contributed by atoms with Gasteiger partial charge in [0, 0.05) is 6.08 Å². The Morgan fingerprint density at radius 1 is 1.24 bits per heavy atom. The van der Waals surface area contributed by atoms with E-state index in [-0.39, 0.29) is 5.97 Å². The molecule has 0 radical (unpaired) electrons. The Morgan fingerprint density at radius 2 is 1.82 bits per heavy atom. The Kier molecular flexibility index (Phi) is 5.23. The number of esters is 1. The zero-order chi connectivity index (χ0) is 12.9. The van der Waals surface area contributed by atoms with Crippen molar-refractivity contribution in [3.63, 3.8) is 0 Å². The van der Waals surface area contributed by atoms with Crippen LogP contribution in [0.5, 0.6) is 0 Å². The number of hydrogen-bond acceptors (Lipinski definition) is 2. The Balaban J connectivity index is 2.35. The van der Waals surface area contributed by atoms with E-state index >= 15 is 0 Å². The van der Waals surface area contributed by atoms with E-state index in [4.69, 9.17) is 4.74 Å². The fraction of sp³-hybridized carbons (Fsp3) is 0.800. The molecule has 1 aliphatic carbocycles. The minimum absolute atomic E-state index is 0.203. The summed E-state index contributed by atoms with van der Waals surface area (Å²) in [7, 11) is 0. The first-order valence-electron chi connectivity index (χ1n) is 6.78. The Labute approximate surface area is 105 Å². The van der Waals surface area contributed by atoms with Gasteiger partial charge in [0.05, 0.1) is 6.61 Å². The van der Waals surface area contributed by atoms with E-state index in [1.165, 1.54) is 25.7 Å². The molecule has 0 heterocycles. The number of allylic oxidation sites excluding steroid dienone is 1. The van der Waals surface area contributed by atoms with Gasteiger partial charge >= 0.3 is 5.97 Å². The third-order valence-electron chi connectivity index (χ3n) is 3.79. The number of carbonyl (C=O) groups excluding carboxylic acids is 1. The van der Waals surface area contributed by atoms with Gasteiger partial charge in [0.15, 0.2) is 0 Å². The topological polar surface area (TPSA) is 26.3 Å². The van der Waals surface area contributed by atoms with Crippen molar-refractivity contribution in [1.29, 1.82) is 0 Å². The first-order valence-corrected chi connectivity index (χ1v) is 6.78. The molecule has 0 spiro atoms. The fourth-order valence-corrected chi connectivity index (χ4v) is 2.58. The molecule has 0 aliphatic heterocycles. The summed E-state index contributed by atoms with van der Waals surface area (Å²) in [5.41, 5.74) is 0.426. The van der Waals surface area contributed by atoms with Gasteiger partial charge in [-0.1, -0.05) is 26.8 Å². The van der Waals surface area contributed by atoms with Gasteiger partial charge in [0.25, 0.3) is 0 Å². The molecular formula is C15H26O2. The van der Waals surface area contributed by atoms with Crippen LogP contribution in [0, 0.1) is 17.3 Å². The smallest absolute Gasteiger partial charge is 0.330 e. The summed E-state index contributed by atoms with van der Waals surface area (Å²) >= 11 is 0. The molecule has 0 aromatic carbocycles. The predicted molar refractivity (Wildman–Crippen MR) is 70.7 cm³/mol. The maximum Gasteiger partial charge on any atom is 0.330 e. The highest BCUT2D eigenvalue weighted by atomic mass is 16.5. The molecule has 1 rings (SSSR count). The third-order valence-corrected chi connectivity index (χ3v) is 3.79. The lowest BCUT2D eigenvalue weighted by Crippen LogP contribution is -2.25. The van der Waals surface area contributed by atoms with E-state index in [0.29, 0.717) is 17.9 Å². The van der Waals surface area contributed by atoms with Gasteiger partial charge in [-0.3, -0.25) is 0 Å². The molecule has 17 heavy (non-hydrogen) atoms. The molecule has 0 bridgehead atoms. The van der Waals surface area contributed by atoms with Crippen molar-refractivity contribution in [2.45, 2.75) is 53.4 Å². The Morgan fingerprint density at radius 3 is 2.29 bits per heavy atom. The fourth-order valence-electron chi connectivity index (χ4n) is 2.58. The molecular weight excluding hydrogens is 212 g/mol. The van der Waals surface area contributed by atoms with Gasteiger partial charge in [-0.25, -0.2) is 4.79 Å². The molecule has 2 nitrogen and oxygen atoms in total. The number of ether oxygens (including phenoxy) is 1. The number of rotatable bonds is 3. The summed E-state index contributed by atoms with van der Waals surface area (Å²) in [6.45, 7) is 9.27. The molecule has 1 fully saturated rings. The molecule has 1 aliphatic rings. The predicted octanol–water partition coefficient (Wildman–Crippen LogP) is 3.96. The monoisotopic (exact) mass is 238 g/mol. The average Bonchev–Trinajstić information content (AvgIpc) is 2.26. The van der Waals surface area contributed by atoms with Gasteiger partial charge in [0.2, 0.25) is 0 Å². The summed E-state index contributed by atoms with van der Waals surface area (Å²) in [5.74, 6) is 1.19. The molecule has 0 N–H and O–H groups in total. The lowest BCUT2D eigenvalue weighted by Gasteiger charge is -2.36. The van der Waals surface area contributed by atoms with Crippen molar-refractivity contribution >= 4 is 5.97 Å². The van der Waals surface area contributed by atoms with E-state index in [1.807, 2.05) is 13.0 Å². The second kappa shape index (κ2) is 6.23. The van der Waals surface area contributed by atoms with Gasteiger partial charge in [-0.15, -0.1) is 0 Å². The number of hydrogen-bond donors (Lipinski definition) is 0. The molecule has 0 aromatic rings. The van der Waals surface area contributed by atoms with Crippen LogP contribution in [0.2, 0.25) is 0 Å². The molecule has 0 aromatic heterocycles. The van der Waals surface area contributed by atoms with Crippen LogP contribution in [0.3, 0.4) is 0 Å². The zero-order valence-corrected chi connectivity index (χ0v) is 11.7. The quantitative estimate of drug-likeness (QED) is 0.549. The highest BCUT2D eigenvalue weighted by Crippen LogP contribution is 2.40. The minimum atomic E-state index is -0.203. The zero-order valence-electron chi connectivity index (χ0n) is 11.7. The van der Waals surface area contributed by atoms with Crippen LogP contribution in [-0.4, -0.2) is 12.6 Å². The van der Waals surface area contributed by atoms with Crippen molar-refractivity contribution in [3.05, 3.63) is 12.2 Å². The van der Waals surface area contributed by atoms with Gasteiger partial charge in [-0.05, 0) is 49.9 Å². The third kappa shape index (κ3) is 4.93. The largest absolute Gasteiger partial charge is 0.463 e. The SMILES string of the molecule is CCOC(=O)/C=C/[C@H]1CC[C@H](C(C)(C)C)CC1. The van der Waals surface area contributed by atoms with Crippen LogP contribution in [0.25, 0.3) is 0 Å². The first kappa shape index (κ1) is 14.3. The van der Waals surface area contributed by atoms with Crippen molar-refractivity contribution in [3.8, 4) is 0 Å². The second-order valence-electron chi connectivity index (χ2n) is 6.09. The van der Waals surface area contributed by atoms with Crippen molar-refractivity contribution in [2.24, 2.45) is 17.3 Å². The maximum absolute atomic E-state index is 11.2. The van der Waals surface area contributed by atoms with Crippen LogP contribution in [0.1, 0.15) is 53.4 Å². The van der Waals surface area contributed by atoms with E-state index in [2.05, 4.69) is 20.8 Å². The maximum atomic E-state index is 11.2. The molecule has 0 atom stereocenters. The van der Waals surface area contributed by atoms with E-state index in [1.54, 1.807) is 6.08 Å². The van der Waals surface area contributed by atoms with Crippen LogP contribution in [0.15, 0.2) is 12.2 Å². The summed E-state index contributed by atoms with van der Waals surface area (Å²) < 4.78 is 4.88. The standard InChI is InChI=1S/C15H26O2/c1-5-17-14(16)11-8-12-6-9-13(10-7-12)15(2,3)4/h8,11-13H,5-7,9-10H2,1-4H3/b11-8+/t12-,13-. The van der Waals surface area contributed by atoms with E-state index in [9.17, 15) is 4.79 Å². The van der Waals surface area contributed by atoms with Crippen molar-refractivity contribution < 1.29 is 9.53 Å². The number of carbonyl (C=O) groups is 1. The van der Waals surface area contributed by atoms with Crippen LogP contribution >= 0.6 is 0 Å². The Hall–Kier alpha value is -0.790. The second-order valence-corrected chi connectivity index (χ2v) is 6.09. The Bertz CT molecular complexity index is 265. The van der Waals surface area contributed by atoms with E-state index in [0.717, 1.165) is 5.92 Å². The lowest BCUT2D eigenvalue weighted by atomic mass is 9.70. The minimum Gasteiger partial charge on any atom is -0.463 e. The molecule has 2 heteroatoms. The normalized spacial score (nSPS) is 26.1. The summed E-state index contributed by atoms with van der Waals surface area (Å²) in [6.07, 6.45) is 8.61. The van der Waals surface area contributed by atoms with Gasteiger partial charge in [0.1, 0.15) is 0 Å². The highest BCUT2D eigenvalue weighted by Gasteiger charge is 2.28. The molecule has 0 saturated heterocycles. The van der Waals surface area contributed by atoms with Crippen molar-refractivity contribution in [2.75, 3.05) is 6.61 Å². The molecule has 0 unspecified atom stereocenters. The molecule has 0 amide bonds. The van der Waals surface area contributed by atoms with Gasteiger partial charge < -0.3 is 4.74 Å². The summed E-state index contributed by atoms with van der Waals surface area (Å²) in [5, 5.41) is 0. The summed E-state index contributed by atoms with van der Waals surface area (Å²) in [4.78, 5) is 11.2. The first-order chi connectivity index (χ1) is 7.93. The van der Waals surface area contributed by atoms with Crippen LogP contribution in [0.4, 0.5) is 0 Å². The average molecular weight is 238 g/mol. The molecule has 98 valence electrons. The van der Waals surface area contributed by atoms with E-state index < -0.39 is 0 Å². The highest BCUT2D eigenvalue weighted by molar-refractivity contribution is 5.81. The summed E-state index contributed by atoms with van der Waals surface area (Å²) in [6, 6.07) is 0. The lowest BCUT2D eigenvalue weighted by molar-refractivity contribution is -0.137. The molecule has 1 saturated carbocycles. The van der Waals surface area contributed by atoms with Crippen molar-refractivity contribution in [1.82, 2.24) is 0 Å². The van der Waals surface area contributed by atoms with Crippen LogP contribution < -0.4 is 0 Å². The van der Waals surface area contributed by atoms with Gasteiger partial charge in [-0.2, -0.15) is 0 Å².